The molecule has 2 rings (SSSR count). The second-order valence-electron chi connectivity index (χ2n) is 5.22. The molecule has 1 aromatic carbocycles. The van der Waals surface area contributed by atoms with Gasteiger partial charge >= 0.3 is 0 Å². The molecule has 100 valence electrons. The van der Waals surface area contributed by atoms with Gasteiger partial charge in [-0.25, -0.2) is 0 Å². The van der Waals surface area contributed by atoms with E-state index in [1.54, 1.807) is 7.11 Å². The maximum absolute atomic E-state index is 10.5. The van der Waals surface area contributed by atoms with Gasteiger partial charge in [0.25, 0.3) is 0 Å². The molecule has 18 heavy (non-hydrogen) atoms. The zero-order chi connectivity index (χ0) is 12.8. The van der Waals surface area contributed by atoms with Crippen molar-refractivity contribution in [3.8, 4) is 5.75 Å². The van der Waals surface area contributed by atoms with Gasteiger partial charge in [0, 0.05) is 18.3 Å². The van der Waals surface area contributed by atoms with E-state index in [1.165, 1.54) is 12.8 Å². The van der Waals surface area contributed by atoms with Crippen molar-refractivity contribution < 1.29 is 9.84 Å². The summed E-state index contributed by atoms with van der Waals surface area (Å²) in [6.45, 7) is 0.625. The predicted molar refractivity (Wildman–Crippen MR) is 74.1 cm³/mol. The van der Waals surface area contributed by atoms with E-state index in [4.69, 9.17) is 4.74 Å². The molecule has 3 heteroatoms. The summed E-state index contributed by atoms with van der Waals surface area (Å²) >= 11 is 0. The molecule has 0 bridgehead atoms. The third-order valence-electron chi connectivity index (χ3n) is 3.73. The minimum atomic E-state index is -0.542. The molecule has 0 aliphatic heterocycles. The van der Waals surface area contributed by atoms with Crippen LogP contribution >= 0.6 is 0 Å². The quantitative estimate of drug-likeness (QED) is 0.805. The summed E-state index contributed by atoms with van der Waals surface area (Å²) in [4.78, 5) is 0. The molecule has 1 fully saturated rings. The standard InChI is InChI=1S/C15H23NO2/c1-18-14-8-6-7-13(11-14)16-12-15(17)9-4-2-3-5-10-15/h6-8,11,16-17H,2-5,9-10,12H2,1H3. The van der Waals surface area contributed by atoms with Crippen molar-refractivity contribution in [3.05, 3.63) is 24.3 Å². The van der Waals surface area contributed by atoms with E-state index in [-0.39, 0.29) is 0 Å². The molecule has 2 N–H and O–H groups in total. The van der Waals surface area contributed by atoms with Gasteiger partial charge in [0.05, 0.1) is 12.7 Å². The molecular formula is C15H23NO2. The van der Waals surface area contributed by atoms with Crippen LogP contribution in [0.3, 0.4) is 0 Å². The fourth-order valence-corrected chi connectivity index (χ4v) is 2.56. The van der Waals surface area contributed by atoms with Crippen LogP contribution in [0.25, 0.3) is 0 Å². The molecule has 1 aliphatic carbocycles. The topological polar surface area (TPSA) is 41.5 Å². The molecule has 0 aromatic heterocycles. The summed E-state index contributed by atoms with van der Waals surface area (Å²) in [7, 11) is 1.66. The lowest BCUT2D eigenvalue weighted by Crippen LogP contribution is -2.36. The Kier molecular flexibility index (Phi) is 4.48. The Morgan fingerprint density at radius 3 is 2.61 bits per heavy atom. The second-order valence-corrected chi connectivity index (χ2v) is 5.22. The summed E-state index contributed by atoms with van der Waals surface area (Å²) < 4.78 is 5.19. The number of aliphatic hydroxyl groups is 1. The van der Waals surface area contributed by atoms with Crippen LogP contribution in [0.1, 0.15) is 38.5 Å². The van der Waals surface area contributed by atoms with Gasteiger partial charge in [0.15, 0.2) is 0 Å². The Bertz CT molecular complexity index is 371. The normalized spacial score (nSPS) is 19.0. The number of hydrogen-bond donors (Lipinski definition) is 2. The van der Waals surface area contributed by atoms with Gasteiger partial charge in [0.2, 0.25) is 0 Å². The van der Waals surface area contributed by atoms with Crippen LogP contribution in [0.5, 0.6) is 5.75 Å². The smallest absolute Gasteiger partial charge is 0.120 e. The lowest BCUT2D eigenvalue weighted by molar-refractivity contribution is 0.0381. The van der Waals surface area contributed by atoms with Crippen molar-refractivity contribution in [2.24, 2.45) is 0 Å². The Hall–Kier alpha value is -1.22. The Labute approximate surface area is 109 Å². The molecule has 0 radical (unpaired) electrons. The van der Waals surface area contributed by atoms with Gasteiger partial charge in [-0.2, -0.15) is 0 Å². The van der Waals surface area contributed by atoms with Crippen molar-refractivity contribution in [1.29, 1.82) is 0 Å². The molecular weight excluding hydrogens is 226 g/mol. The summed E-state index contributed by atoms with van der Waals surface area (Å²) in [5, 5.41) is 13.9. The Balaban J connectivity index is 1.92. The van der Waals surface area contributed by atoms with Crippen LogP contribution in [0.4, 0.5) is 5.69 Å². The number of anilines is 1. The highest BCUT2D eigenvalue weighted by Crippen LogP contribution is 2.27. The first kappa shape index (κ1) is 13.2. The molecule has 0 atom stereocenters. The van der Waals surface area contributed by atoms with E-state index in [1.807, 2.05) is 24.3 Å². The Morgan fingerprint density at radius 2 is 1.94 bits per heavy atom. The van der Waals surface area contributed by atoms with Gasteiger partial charge < -0.3 is 15.2 Å². The average molecular weight is 249 g/mol. The zero-order valence-electron chi connectivity index (χ0n) is 11.1. The van der Waals surface area contributed by atoms with Crippen LogP contribution in [0.15, 0.2) is 24.3 Å². The second kappa shape index (κ2) is 6.10. The highest BCUT2D eigenvalue weighted by atomic mass is 16.5. The number of methoxy groups -OCH3 is 1. The largest absolute Gasteiger partial charge is 0.497 e. The maximum atomic E-state index is 10.5. The highest BCUT2D eigenvalue weighted by molar-refractivity contribution is 5.48. The third kappa shape index (κ3) is 3.64. The van der Waals surface area contributed by atoms with E-state index in [0.29, 0.717) is 6.54 Å². The maximum Gasteiger partial charge on any atom is 0.120 e. The van der Waals surface area contributed by atoms with E-state index in [9.17, 15) is 5.11 Å². The lowest BCUT2D eigenvalue weighted by atomic mass is 9.94. The molecule has 1 aliphatic rings. The molecule has 3 nitrogen and oxygen atoms in total. The van der Waals surface area contributed by atoms with Crippen molar-refractivity contribution in [2.45, 2.75) is 44.1 Å². The molecule has 0 saturated heterocycles. The predicted octanol–water partition coefficient (Wildman–Crippen LogP) is 3.19. The molecule has 0 spiro atoms. The summed E-state index contributed by atoms with van der Waals surface area (Å²) in [5.41, 5.74) is 0.464. The number of rotatable bonds is 4. The highest BCUT2D eigenvalue weighted by Gasteiger charge is 2.27. The van der Waals surface area contributed by atoms with Gasteiger partial charge in [-0.05, 0) is 25.0 Å². The van der Waals surface area contributed by atoms with Crippen molar-refractivity contribution in [2.75, 3.05) is 19.0 Å². The summed E-state index contributed by atoms with van der Waals surface area (Å²) in [6, 6.07) is 7.84. The zero-order valence-corrected chi connectivity index (χ0v) is 11.1. The first-order valence-electron chi connectivity index (χ1n) is 6.82. The Morgan fingerprint density at radius 1 is 1.22 bits per heavy atom. The van der Waals surface area contributed by atoms with E-state index in [0.717, 1.165) is 37.1 Å². The number of hydrogen-bond acceptors (Lipinski definition) is 3. The van der Waals surface area contributed by atoms with Crippen LogP contribution in [0, 0.1) is 0 Å². The van der Waals surface area contributed by atoms with Crippen molar-refractivity contribution in [3.63, 3.8) is 0 Å². The van der Waals surface area contributed by atoms with Gasteiger partial charge in [0.1, 0.15) is 5.75 Å². The monoisotopic (exact) mass is 249 g/mol. The molecule has 1 aromatic rings. The SMILES string of the molecule is COc1cccc(NCC2(O)CCCCCC2)c1. The van der Waals surface area contributed by atoms with E-state index >= 15 is 0 Å². The average Bonchev–Trinajstić information content (AvgIpc) is 2.62. The van der Waals surface area contributed by atoms with Gasteiger partial charge in [-0.1, -0.05) is 31.7 Å². The lowest BCUT2D eigenvalue weighted by Gasteiger charge is -2.27. The number of ether oxygens (including phenoxy) is 1. The van der Waals surface area contributed by atoms with Crippen LogP contribution < -0.4 is 10.1 Å². The van der Waals surface area contributed by atoms with Crippen LogP contribution in [-0.4, -0.2) is 24.4 Å². The third-order valence-corrected chi connectivity index (χ3v) is 3.73. The summed E-state index contributed by atoms with van der Waals surface area (Å²) in [5.74, 6) is 0.841. The molecule has 0 amide bonds. The van der Waals surface area contributed by atoms with Gasteiger partial charge in [-0.3, -0.25) is 0 Å². The van der Waals surface area contributed by atoms with E-state index < -0.39 is 5.60 Å². The van der Waals surface area contributed by atoms with Crippen molar-refractivity contribution in [1.82, 2.24) is 0 Å². The van der Waals surface area contributed by atoms with Crippen LogP contribution in [0.2, 0.25) is 0 Å². The number of benzene rings is 1. The summed E-state index contributed by atoms with van der Waals surface area (Å²) in [6.07, 6.45) is 6.59. The fourth-order valence-electron chi connectivity index (χ4n) is 2.56. The minimum Gasteiger partial charge on any atom is -0.497 e. The molecule has 0 heterocycles. The number of nitrogens with one attached hydrogen (secondary N) is 1. The van der Waals surface area contributed by atoms with Gasteiger partial charge in [-0.15, -0.1) is 0 Å². The minimum absolute atomic E-state index is 0.542. The van der Waals surface area contributed by atoms with Crippen LogP contribution in [-0.2, 0) is 0 Å². The van der Waals surface area contributed by atoms with Crippen molar-refractivity contribution >= 4 is 5.69 Å². The fraction of sp³-hybridized carbons (Fsp3) is 0.600. The van der Waals surface area contributed by atoms with E-state index in [2.05, 4.69) is 5.32 Å². The first-order chi connectivity index (χ1) is 8.72. The molecule has 0 unspecified atom stereocenters. The first-order valence-corrected chi connectivity index (χ1v) is 6.82. The molecule has 1 saturated carbocycles.